The van der Waals surface area contributed by atoms with Crippen LogP contribution in [-0.4, -0.2) is 16.1 Å². The van der Waals surface area contributed by atoms with Gasteiger partial charge in [0.05, 0.1) is 5.56 Å². The lowest BCUT2D eigenvalue weighted by Crippen LogP contribution is -2.10. The quantitative estimate of drug-likeness (QED) is 0.932. The van der Waals surface area contributed by atoms with Crippen LogP contribution in [-0.2, 0) is 19.6 Å². The Balaban J connectivity index is 2.03. The molecule has 0 saturated carbocycles. The van der Waals surface area contributed by atoms with E-state index in [4.69, 9.17) is 11.6 Å². The van der Waals surface area contributed by atoms with Crippen LogP contribution in [0.3, 0.4) is 0 Å². The molecule has 0 spiro atoms. The highest BCUT2D eigenvalue weighted by Crippen LogP contribution is 2.33. The van der Waals surface area contributed by atoms with E-state index in [1.807, 2.05) is 17.8 Å². The summed E-state index contributed by atoms with van der Waals surface area (Å²) in [6, 6.07) is 3.42. The molecule has 2 rings (SSSR count). The van der Waals surface area contributed by atoms with E-state index in [9.17, 15) is 13.2 Å². The van der Waals surface area contributed by atoms with Gasteiger partial charge in [-0.15, -0.1) is 0 Å². The molecule has 3 nitrogen and oxygen atoms in total. The number of nitrogens with one attached hydrogen (secondary N) is 1. The van der Waals surface area contributed by atoms with Crippen molar-refractivity contribution in [3.63, 3.8) is 0 Å². The SMILES string of the molecule is Cn1ccnc1CCNc1cc(Cl)cc(C(F)(F)F)c1. The number of hydrogen-bond donors (Lipinski definition) is 1. The van der Waals surface area contributed by atoms with Crippen LogP contribution in [0.5, 0.6) is 0 Å². The Bertz CT molecular complexity index is 593. The molecule has 20 heavy (non-hydrogen) atoms. The van der Waals surface area contributed by atoms with E-state index in [2.05, 4.69) is 10.3 Å². The maximum Gasteiger partial charge on any atom is 0.416 e. The largest absolute Gasteiger partial charge is 0.416 e. The summed E-state index contributed by atoms with van der Waals surface area (Å²) < 4.78 is 39.8. The first-order valence-electron chi connectivity index (χ1n) is 5.94. The summed E-state index contributed by atoms with van der Waals surface area (Å²) in [5.74, 6) is 0.857. The molecule has 0 radical (unpaired) electrons. The molecule has 0 fully saturated rings. The Labute approximate surface area is 119 Å². The van der Waals surface area contributed by atoms with Crippen molar-refractivity contribution in [2.75, 3.05) is 11.9 Å². The van der Waals surface area contributed by atoms with Crippen molar-refractivity contribution in [3.05, 3.63) is 47.0 Å². The number of alkyl halides is 3. The lowest BCUT2D eigenvalue weighted by atomic mass is 10.2. The number of aryl methyl sites for hydroxylation is 1. The third-order valence-electron chi connectivity index (χ3n) is 2.82. The fraction of sp³-hybridized carbons (Fsp3) is 0.308. The number of halogens is 4. The Morgan fingerprint density at radius 2 is 2.05 bits per heavy atom. The molecule has 108 valence electrons. The molecule has 0 bridgehead atoms. The van der Waals surface area contributed by atoms with Crippen molar-refractivity contribution >= 4 is 17.3 Å². The molecule has 1 aromatic heterocycles. The second kappa shape index (κ2) is 5.75. The van der Waals surface area contributed by atoms with Gasteiger partial charge >= 0.3 is 6.18 Å². The number of hydrogen-bond acceptors (Lipinski definition) is 2. The fourth-order valence-electron chi connectivity index (χ4n) is 1.81. The summed E-state index contributed by atoms with van der Waals surface area (Å²) in [5.41, 5.74) is -0.413. The minimum Gasteiger partial charge on any atom is -0.385 e. The Kier molecular flexibility index (Phi) is 4.23. The van der Waals surface area contributed by atoms with Crippen molar-refractivity contribution in [1.82, 2.24) is 9.55 Å². The van der Waals surface area contributed by atoms with E-state index in [1.165, 1.54) is 6.07 Å². The zero-order valence-electron chi connectivity index (χ0n) is 10.7. The van der Waals surface area contributed by atoms with E-state index < -0.39 is 11.7 Å². The van der Waals surface area contributed by atoms with Gasteiger partial charge in [0.2, 0.25) is 0 Å². The predicted molar refractivity (Wildman–Crippen MR) is 71.9 cm³/mol. The lowest BCUT2D eigenvalue weighted by Gasteiger charge is -2.11. The summed E-state index contributed by atoms with van der Waals surface area (Å²) in [7, 11) is 1.86. The van der Waals surface area contributed by atoms with Gasteiger partial charge in [0.15, 0.2) is 0 Å². The molecule has 0 aliphatic carbocycles. The minimum absolute atomic E-state index is 0.0549. The first kappa shape index (κ1) is 14.7. The van der Waals surface area contributed by atoms with Crippen LogP contribution < -0.4 is 5.32 Å². The van der Waals surface area contributed by atoms with Gasteiger partial charge in [0.25, 0.3) is 0 Å². The van der Waals surface area contributed by atoms with E-state index in [1.54, 1.807) is 6.20 Å². The Morgan fingerprint density at radius 3 is 2.65 bits per heavy atom. The first-order valence-corrected chi connectivity index (χ1v) is 6.32. The molecule has 1 heterocycles. The van der Waals surface area contributed by atoms with Gasteiger partial charge < -0.3 is 9.88 Å². The summed E-state index contributed by atoms with van der Waals surface area (Å²) in [6.07, 6.45) is -0.300. The van der Waals surface area contributed by atoms with Crippen molar-refractivity contribution in [3.8, 4) is 0 Å². The van der Waals surface area contributed by atoms with Crippen LogP contribution in [0.25, 0.3) is 0 Å². The standard InChI is InChI=1S/C13H13ClF3N3/c1-20-5-4-19-12(20)2-3-18-11-7-9(13(15,16)17)6-10(14)8-11/h4-8,18H,2-3H2,1H3. The predicted octanol–water partition coefficient (Wildman–Crippen LogP) is 3.75. The highest BCUT2D eigenvalue weighted by atomic mass is 35.5. The van der Waals surface area contributed by atoms with Crippen LogP contribution in [0, 0.1) is 0 Å². The molecule has 7 heteroatoms. The summed E-state index contributed by atoms with van der Waals surface area (Å²) in [5, 5.41) is 2.98. The molecule has 2 aromatic rings. The van der Waals surface area contributed by atoms with E-state index in [0.29, 0.717) is 18.7 Å². The second-order valence-corrected chi connectivity index (χ2v) is 4.79. The zero-order chi connectivity index (χ0) is 14.8. The molecule has 0 unspecified atom stereocenters. The van der Waals surface area contributed by atoms with Gasteiger partial charge in [-0.2, -0.15) is 13.2 Å². The van der Waals surface area contributed by atoms with Crippen molar-refractivity contribution in [2.45, 2.75) is 12.6 Å². The average Bonchev–Trinajstić information content (AvgIpc) is 2.73. The maximum absolute atomic E-state index is 12.6. The first-order chi connectivity index (χ1) is 9.36. The van der Waals surface area contributed by atoms with Crippen LogP contribution in [0.4, 0.5) is 18.9 Å². The highest BCUT2D eigenvalue weighted by molar-refractivity contribution is 6.30. The fourth-order valence-corrected chi connectivity index (χ4v) is 2.05. The van der Waals surface area contributed by atoms with Crippen molar-refractivity contribution in [1.29, 1.82) is 0 Å². The van der Waals surface area contributed by atoms with Crippen LogP contribution >= 0.6 is 11.6 Å². The summed E-state index contributed by atoms with van der Waals surface area (Å²) in [6.45, 7) is 0.475. The zero-order valence-corrected chi connectivity index (χ0v) is 11.5. The number of benzene rings is 1. The number of imidazole rings is 1. The molecule has 0 amide bonds. The molecule has 0 saturated heterocycles. The second-order valence-electron chi connectivity index (χ2n) is 4.36. The Hall–Kier alpha value is -1.69. The van der Waals surface area contributed by atoms with Gasteiger partial charge in [-0.05, 0) is 18.2 Å². The van der Waals surface area contributed by atoms with Crippen LogP contribution in [0.2, 0.25) is 5.02 Å². The van der Waals surface area contributed by atoms with Crippen molar-refractivity contribution in [2.24, 2.45) is 7.05 Å². The molecule has 0 aliphatic rings. The molecule has 0 atom stereocenters. The van der Waals surface area contributed by atoms with Crippen molar-refractivity contribution < 1.29 is 13.2 Å². The molecular weight excluding hydrogens is 291 g/mol. The van der Waals surface area contributed by atoms with E-state index in [-0.39, 0.29) is 5.02 Å². The third-order valence-corrected chi connectivity index (χ3v) is 3.04. The lowest BCUT2D eigenvalue weighted by molar-refractivity contribution is -0.137. The van der Waals surface area contributed by atoms with Crippen LogP contribution in [0.15, 0.2) is 30.6 Å². The van der Waals surface area contributed by atoms with Gasteiger partial charge in [-0.25, -0.2) is 4.98 Å². The maximum atomic E-state index is 12.6. The highest BCUT2D eigenvalue weighted by Gasteiger charge is 2.31. The molecule has 1 aromatic carbocycles. The van der Waals surface area contributed by atoms with E-state index in [0.717, 1.165) is 18.0 Å². The smallest absolute Gasteiger partial charge is 0.385 e. The van der Waals surface area contributed by atoms with Gasteiger partial charge in [-0.3, -0.25) is 0 Å². The van der Waals surface area contributed by atoms with Gasteiger partial charge in [-0.1, -0.05) is 11.6 Å². The number of rotatable bonds is 4. The monoisotopic (exact) mass is 303 g/mol. The third kappa shape index (κ3) is 3.66. The number of nitrogens with zero attached hydrogens (tertiary/aromatic N) is 2. The molecular formula is C13H13ClF3N3. The molecule has 0 aliphatic heterocycles. The van der Waals surface area contributed by atoms with E-state index >= 15 is 0 Å². The van der Waals surface area contributed by atoms with Crippen LogP contribution in [0.1, 0.15) is 11.4 Å². The number of aromatic nitrogens is 2. The molecule has 1 N–H and O–H groups in total. The van der Waals surface area contributed by atoms with Gasteiger partial charge in [0, 0.05) is 43.1 Å². The van der Waals surface area contributed by atoms with Gasteiger partial charge in [0.1, 0.15) is 5.82 Å². The minimum atomic E-state index is -4.40. The summed E-state index contributed by atoms with van der Waals surface area (Å²) in [4.78, 5) is 4.14. The Morgan fingerprint density at radius 1 is 1.30 bits per heavy atom. The topological polar surface area (TPSA) is 29.9 Å². The number of anilines is 1. The normalized spacial score (nSPS) is 11.7. The average molecular weight is 304 g/mol. The summed E-state index contributed by atoms with van der Waals surface area (Å²) >= 11 is 5.70.